The molecule has 0 aromatic carbocycles. The molecule has 0 bridgehead atoms. The van der Waals surface area contributed by atoms with Crippen molar-refractivity contribution in [3.05, 3.63) is 0 Å². The first-order chi connectivity index (χ1) is 7.06. The second-order valence-corrected chi connectivity index (χ2v) is 4.96. The van der Waals surface area contributed by atoms with Crippen molar-refractivity contribution >= 4 is 5.91 Å². The van der Waals surface area contributed by atoms with E-state index < -0.39 is 0 Å². The first-order valence-electron chi connectivity index (χ1n) is 6.05. The van der Waals surface area contributed by atoms with Crippen LogP contribution < -0.4 is 0 Å². The molecule has 1 unspecified atom stereocenters. The van der Waals surface area contributed by atoms with E-state index in [2.05, 4.69) is 32.7 Å². The van der Waals surface area contributed by atoms with Crippen molar-refractivity contribution in [2.24, 2.45) is 5.92 Å². The molecule has 1 aliphatic heterocycles. The third kappa shape index (κ3) is 3.20. The van der Waals surface area contributed by atoms with Gasteiger partial charge in [0.1, 0.15) is 0 Å². The third-order valence-electron chi connectivity index (χ3n) is 2.95. The average Bonchev–Trinajstić information content (AvgIpc) is 2.48. The number of hydrogen-bond acceptors (Lipinski definition) is 2. The van der Waals surface area contributed by atoms with Crippen molar-refractivity contribution < 1.29 is 4.79 Å². The maximum absolute atomic E-state index is 12.0. The number of nitrogens with zero attached hydrogens (tertiary/aromatic N) is 2. The Morgan fingerprint density at radius 1 is 1.53 bits per heavy atom. The second-order valence-electron chi connectivity index (χ2n) is 4.96. The van der Waals surface area contributed by atoms with E-state index in [4.69, 9.17) is 0 Å². The Morgan fingerprint density at radius 3 is 2.73 bits per heavy atom. The van der Waals surface area contributed by atoms with Gasteiger partial charge in [0, 0.05) is 19.6 Å². The number of likely N-dealkylation sites (tertiary alicyclic amines) is 1. The Bertz CT molecular complexity index is 216. The lowest BCUT2D eigenvalue weighted by molar-refractivity contribution is -0.131. The summed E-state index contributed by atoms with van der Waals surface area (Å²) in [7, 11) is 2.07. The summed E-state index contributed by atoms with van der Waals surface area (Å²) in [6.07, 6.45) is 2.06. The Labute approximate surface area is 93.4 Å². The number of hydrogen-bond donors (Lipinski definition) is 0. The maximum Gasteiger partial charge on any atom is 0.239 e. The zero-order valence-electron chi connectivity index (χ0n) is 10.5. The highest BCUT2D eigenvalue weighted by molar-refractivity contribution is 5.83. The fourth-order valence-electron chi connectivity index (χ4n) is 2.33. The molecule has 0 spiro atoms. The molecule has 0 aromatic heterocycles. The third-order valence-corrected chi connectivity index (χ3v) is 2.95. The average molecular weight is 212 g/mol. The SMILES string of the molecule is CCCN1CCC(N(C)CC(C)C)C1=O. The van der Waals surface area contributed by atoms with Crippen LogP contribution in [0.25, 0.3) is 0 Å². The van der Waals surface area contributed by atoms with Crippen LogP contribution in [0.1, 0.15) is 33.6 Å². The summed E-state index contributed by atoms with van der Waals surface area (Å²) in [5.41, 5.74) is 0. The summed E-state index contributed by atoms with van der Waals surface area (Å²) in [6, 6.07) is 0.138. The van der Waals surface area contributed by atoms with Gasteiger partial charge in [-0.2, -0.15) is 0 Å². The van der Waals surface area contributed by atoms with Gasteiger partial charge >= 0.3 is 0 Å². The molecule has 0 aromatic rings. The van der Waals surface area contributed by atoms with Crippen molar-refractivity contribution in [2.45, 2.75) is 39.7 Å². The zero-order chi connectivity index (χ0) is 11.4. The molecule has 0 radical (unpaired) electrons. The number of carbonyl (C=O) groups is 1. The topological polar surface area (TPSA) is 23.6 Å². The first-order valence-corrected chi connectivity index (χ1v) is 6.05. The highest BCUT2D eigenvalue weighted by Gasteiger charge is 2.33. The predicted octanol–water partition coefficient (Wildman–Crippen LogP) is 1.59. The van der Waals surface area contributed by atoms with Gasteiger partial charge in [0.15, 0.2) is 0 Å². The Morgan fingerprint density at radius 2 is 2.20 bits per heavy atom. The van der Waals surface area contributed by atoms with Crippen LogP contribution in [-0.4, -0.2) is 48.4 Å². The van der Waals surface area contributed by atoms with Crippen LogP contribution in [0.5, 0.6) is 0 Å². The Balaban J connectivity index is 2.47. The van der Waals surface area contributed by atoms with Crippen LogP contribution >= 0.6 is 0 Å². The van der Waals surface area contributed by atoms with Gasteiger partial charge < -0.3 is 4.90 Å². The van der Waals surface area contributed by atoms with Crippen LogP contribution in [0.15, 0.2) is 0 Å². The zero-order valence-corrected chi connectivity index (χ0v) is 10.5. The second kappa shape index (κ2) is 5.50. The van der Waals surface area contributed by atoms with Crippen LogP contribution in [0, 0.1) is 5.92 Å². The summed E-state index contributed by atoms with van der Waals surface area (Å²) in [5.74, 6) is 0.961. The van der Waals surface area contributed by atoms with E-state index in [1.807, 2.05) is 4.90 Å². The molecule has 0 saturated carbocycles. The van der Waals surface area contributed by atoms with Crippen molar-refractivity contribution in [3.8, 4) is 0 Å². The molecule has 1 amide bonds. The molecule has 1 rings (SSSR count). The van der Waals surface area contributed by atoms with Crippen LogP contribution in [0.2, 0.25) is 0 Å². The standard InChI is InChI=1S/C12H24N2O/c1-5-7-14-8-6-11(12(14)15)13(4)9-10(2)3/h10-11H,5-9H2,1-4H3. The molecule has 1 saturated heterocycles. The smallest absolute Gasteiger partial charge is 0.239 e. The minimum atomic E-state index is 0.138. The van der Waals surface area contributed by atoms with E-state index in [1.165, 1.54) is 0 Å². The number of amides is 1. The summed E-state index contributed by atoms with van der Waals surface area (Å²) in [6.45, 7) is 9.39. The van der Waals surface area contributed by atoms with E-state index >= 15 is 0 Å². The molecular weight excluding hydrogens is 188 g/mol. The first kappa shape index (κ1) is 12.5. The van der Waals surface area contributed by atoms with Crippen molar-refractivity contribution in [3.63, 3.8) is 0 Å². The van der Waals surface area contributed by atoms with Gasteiger partial charge in [-0.3, -0.25) is 9.69 Å². The molecule has 88 valence electrons. The number of likely N-dealkylation sites (N-methyl/N-ethyl adjacent to an activating group) is 1. The number of carbonyl (C=O) groups excluding carboxylic acids is 1. The minimum Gasteiger partial charge on any atom is -0.341 e. The molecule has 1 atom stereocenters. The minimum absolute atomic E-state index is 0.138. The van der Waals surface area contributed by atoms with Gasteiger partial charge in [0.25, 0.3) is 0 Å². The van der Waals surface area contributed by atoms with Crippen molar-refractivity contribution in [2.75, 3.05) is 26.7 Å². The normalized spacial score (nSPS) is 22.1. The van der Waals surface area contributed by atoms with Gasteiger partial charge in [-0.05, 0) is 25.8 Å². The highest BCUT2D eigenvalue weighted by Crippen LogP contribution is 2.17. The van der Waals surface area contributed by atoms with E-state index in [0.717, 1.165) is 32.5 Å². The summed E-state index contributed by atoms with van der Waals surface area (Å²) >= 11 is 0. The van der Waals surface area contributed by atoms with Crippen LogP contribution in [-0.2, 0) is 4.79 Å². The molecule has 3 nitrogen and oxygen atoms in total. The summed E-state index contributed by atoms with van der Waals surface area (Å²) in [4.78, 5) is 16.2. The molecule has 0 aliphatic carbocycles. The monoisotopic (exact) mass is 212 g/mol. The predicted molar refractivity (Wildman–Crippen MR) is 62.7 cm³/mol. The van der Waals surface area contributed by atoms with E-state index in [1.54, 1.807) is 0 Å². The Hall–Kier alpha value is -0.570. The fourth-order valence-corrected chi connectivity index (χ4v) is 2.33. The maximum atomic E-state index is 12.0. The lowest BCUT2D eigenvalue weighted by Gasteiger charge is -2.25. The molecule has 1 heterocycles. The lowest BCUT2D eigenvalue weighted by Crippen LogP contribution is -2.41. The fraction of sp³-hybridized carbons (Fsp3) is 0.917. The van der Waals surface area contributed by atoms with E-state index in [9.17, 15) is 4.79 Å². The van der Waals surface area contributed by atoms with E-state index in [-0.39, 0.29) is 6.04 Å². The molecule has 15 heavy (non-hydrogen) atoms. The van der Waals surface area contributed by atoms with Gasteiger partial charge in [-0.1, -0.05) is 20.8 Å². The Kier molecular flexibility index (Phi) is 4.58. The lowest BCUT2D eigenvalue weighted by atomic mass is 10.1. The molecule has 1 aliphatic rings. The highest BCUT2D eigenvalue weighted by atomic mass is 16.2. The quantitative estimate of drug-likeness (QED) is 0.691. The van der Waals surface area contributed by atoms with Crippen LogP contribution in [0.4, 0.5) is 0 Å². The van der Waals surface area contributed by atoms with Gasteiger partial charge in [0.05, 0.1) is 6.04 Å². The summed E-state index contributed by atoms with van der Waals surface area (Å²) < 4.78 is 0. The van der Waals surface area contributed by atoms with Gasteiger partial charge in [-0.15, -0.1) is 0 Å². The molecular formula is C12H24N2O. The van der Waals surface area contributed by atoms with Crippen molar-refractivity contribution in [1.82, 2.24) is 9.80 Å². The van der Waals surface area contributed by atoms with Crippen molar-refractivity contribution in [1.29, 1.82) is 0 Å². The largest absolute Gasteiger partial charge is 0.341 e. The number of rotatable bonds is 5. The van der Waals surface area contributed by atoms with Crippen LogP contribution in [0.3, 0.4) is 0 Å². The van der Waals surface area contributed by atoms with Gasteiger partial charge in [-0.25, -0.2) is 0 Å². The summed E-state index contributed by atoms with van der Waals surface area (Å²) in [5, 5.41) is 0. The van der Waals surface area contributed by atoms with Gasteiger partial charge in [0.2, 0.25) is 5.91 Å². The molecule has 0 N–H and O–H groups in total. The molecule has 1 fully saturated rings. The molecule has 3 heteroatoms. The van der Waals surface area contributed by atoms with E-state index in [0.29, 0.717) is 11.8 Å².